The van der Waals surface area contributed by atoms with Crippen molar-refractivity contribution >= 4 is 11.9 Å². The fraction of sp³-hybridized carbons (Fsp3) is 0.833. The van der Waals surface area contributed by atoms with Crippen LogP contribution in [0.5, 0.6) is 0 Å². The summed E-state index contributed by atoms with van der Waals surface area (Å²) in [6.07, 6.45) is 1.83. The van der Waals surface area contributed by atoms with Crippen LogP contribution in [0.4, 0.5) is 0 Å². The van der Waals surface area contributed by atoms with Crippen molar-refractivity contribution in [3.63, 3.8) is 0 Å². The van der Waals surface area contributed by atoms with Crippen LogP contribution in [0.25, 0.3) is 0 Å². The van der Waals surface area contributed by atoms with Gasteiger partial charge in [0.15, 0.2) is 0 Å². The Morgan fingerprint density at radius 3 is 2.24 bits per heavy atom. The van der Waals surface area contributed by atoms with E-state index in [2.05, 4.69) is 5.32 Å². The molecule has 0 fully saturated rings. The normalized spacial score (nSPS) is 13.2. The first-order valence-corrected chi connectivity index (χ1v) is 6.14. The highest BCUT2D eigenvalue weighted by molar-refractivity contribution is 5.82. The van der Waals surface area contributed by atoms with Crippen molar-refractivity contribution in [1.82, 2.24) is 5.32 Å². The van der Waals surface area contributed by atoms with Crippen LogP contribution < -0.4 is 11.1 Å². The first-order valence-electron chi connectivity index (χ1n) is 6.14. The lowest BCUT2D eigenvalue weighted by Crippen LogP contribution is -2.45. The predicted octanol–water partition coefficient (Wildman–Crippen LogP) is 0.979. The fourth-order valence-electron chi connectivity index (χ4n) is 1.67. The monoisotopic (exact) mass is 244 g/mol. The van der Waals surface area contributed by atoms with E-state index in [1.54, 1.807) is 6.92 Å². The van der Waals surface area contributed by atoms with Crippen LogP contribution in [0, 0.1) is 11.3 Å². The molecule has 0 spiro atoms. The summed E-state index contributed by atoms with van der Waals surface area (Å²) in [4.78, 5) is 22.6. The van der Waals surface area contributed by atoms with Gasteiger partial charge in [-0.1, -0.05) is 20.8 Å². The number of carbonyl (C=O) groups is 2. The summed E-state index contributed by atoms with van der Waals surface area (Å²) in [7, 11) is 0. The molecule has 0 heterocycles. The summed E-state index contributed by atoms with van der Waals surface area (Å²) in [6.45, 7) is 6.21. The molecule has 0 aromatic carbocycles. The molecule has 0 aliphatic rings. The molecule has 0 radical (unpaired) electrons. The molecule has 0 aromatic heterocycles. The van der Waals surface area contributed by atoms with Crippen LogP contribution in [0.2, 0.25) is 0 Å². The number of hydrogen-bond acceptors (Lipinski definition) is 3. The van der Waals surface area contributed by atoms with Gasteiger partial charge in [0, 0.05) is 13.1 Å². The molecule has 0 aromatic rings. The zero-order valence-corrected chi connectivity index (χ0v) is 11.0. The van der Waals surface area contributed by atoms with E-state index in [9.17, 15) is 9.59 Å². The molecule has 0 bridgehead atoms. The molecule has 4 N–H and O–H groups in total. The van der Waals surface area contributed by atoms with Gasteiger partial charge in [0.05, 0.1) is 11.3 Å². The molecular weight excluding hydrogens is 220 g/mol. The zero-order valence-electron chi connectivity index (χ0n) is 11.0. The summed E-state index contributed by atoms with van der Waals surface area (Å²) in [5, 5.41) is 11.5. The van der Waals surface area contributed by atoms with Gasteiger partial charge in [-0.2, -0.15) is 0 Å². The molecule has 0 saturated carbocycles. The summed E-state index contributed by atoms with van der Waals surface area (Å²) >= 11 is 0. The van der Waals surface area contributed by atoms with Crippen molar-refractivity contribution < 1.29 is 14.7 Å². The highest BCUT2D eigenvalue weighted by Gasteiger charge is 2.32. The van der Waals surface area contributed by atoms with Crippen LogP contribution in [0.1, 0.15) is 40.0 Å². The highest BCUT2D eigenvalue weighted by Crippen LogP contribution is 2.24. The quantitative estimate of drug-likeness (QED) is 0.593. The molecule has 5 heteroatoms. The van der Waals surface area contributed by atoms with Gasteiger partial charge >= 0.3 is 5.97 Å². The molecule has 0 saturated heterocycles. The number of carboxylic acid groups (broad SMARTS) is 1. The Hall–Kier alpha value is -1.10. The summed E-state index contributed by atoms with van der Waals surface area (Å²) in [5.74, 6) is -1.34. The van der Waals surface area contributed by atoms with Gasteiger partial charge in [-0.15, -0.1) is 0 Å². The van der Waals surface area contributed by atoms with Gasteiger partial charge in [0.2, 0.25) is 5.91 Å². The molecule has 1 amide bonds. The van der Waals surface area contributed by atoms with Gasteiger partial charge in [-0.3, -0.25) is 9.59 Å². The molecule has 5 nitrogen and oxygen atoms in total. The molecule has 0 rings (SSSR count). The standard InChI is InChI=1S/C12H24N2O3/c1-4-12(5-2,8-13)11(17)14-7-6-9(3)10(15)16/h9H,4-8,13H2,1-3H3,(H,14,17)(H,15,16). The van der Waals surface area contributed by atoms with Gasteiger partial charge in [-0.25, -0.2) is 0 Å². The molecular formula is C12H24N2O3. The van der Waals surface area contributed by atoms with Crippen molar-refractivity contribution in [3.05, 3.63) is 0 Å². The zero-order chi connectivity index (χ0) is 13.5. The second kappa shape index (κ2) is 7.27. The Morgan fingerprint density at radius 2 is 1.88 bits per heavy atom. The van der Waals surface area contributed by atoms with E-state index in [0.717, 1.165) is 0 Å². The second-order valence-electron chi connectivity index (χ2n) is 4.48. The Labute approximate surface area is 103 Å². The smallest absolute Gasteiger partial charge is 0.306 e. The van der Waals surface area contributed by atoms with Gasteiger partial charge in [0.1, 0.15) is 0 Å². The molecule has 1 unspecified atom stereocenters. The second-order valence-corrected chi connectivity index (χ2v) is 4.48. The number of carboxylic acids is 1. The molecule has 0 aliphatic heterocycles. The number of rotatable bonds is 8. The van der Waals surface area contributed by atoms with Crippen LogP contribution in [0.3, 0.4) is 0 Å². The Balaban J connectivity index is 4.21. The van der Waals surface area contributed by atoms with E-state index in [4.69, 9.17) is 10.8 Å². The number of carbonyl (C=O) groups excluding carboxylic acids is 1. The van der Waals surface area contributed by atoms with Crippen molar-refractivity contribution in [2.24, 2.45) is 17.1 Å². The van der Waals surface area contributed by atoms with E-state index < -0.39 is 17.3 Å². The average Bonchev–Trinajstić information content (AvgIpc) is 2.31. The topological polar surface area (TPSA) is 92.4 Å². The minimum Gasteiger partial charge on any atom is -0.481 e. The number of aliphatic carboxylic acids is 1. The van der Waals surface area contributed by atoms with Crippen molar-refractivity contribution in [2.75, 3.05) is 13.1 Å². The largest absolute Gasteiger partial charge is 0.481 e. The maximum absolute atomic E-state index is 12.0. The van der Waals surface area contributed by atoms with Crippen molar-refractivity contribution in [3.8, 4) is 0 Å². The molecule has 1 atom stereocenters. The SMILES string of the molecule is CCC(CC)(CN)C(=O)NCCC(C)C(=O)O. The Morgan fingerprint density at radius 1 is 1.35 bits per heavy atom. The average molecular weight is 244 g/mol. The third-order valence-electron chi connectivity index (χ3n) is 3.51. The maximum atomic E-state index is 12.0. The molecule has 17 heavy (non-hydrogen) atoms. The molecule has 100 valence electrons. The van der Waals surface area contributed by atoms with Crippen molar-refractivity contribution in [1.29, 1.82) is 0 Å². The Bertz CT molecular complexity index is 254. The lowest BCUT2D eigenvalue weighted by Gasteiger charge is -2.28. The lowest BCUT2D eigenvalue weighted by atomic mass is 9.81. The minimum atomic E-state index is -0.838. The van der Waals surface area contributed by atoms with E-state index in [1.165, 1.54) is 0 Å². The van der Waals surface area contributed by atoms with Gasteiger partial charge in [0.25, 0.3) is 0 Å². The Kier molecular flexibility index (Phi) is 6.80. The van der Waals surface area contributed by atoms with Crippen LogP contribution >= 0.6 is 0 Å². The maximum Gasteiger partial charge on any atom is 0.306 e. The summed E-state index contributed by atoms with van der Waals surface area (Å²) in [5.41, 5.74) is 5.15. The van der Waals surface area contributed by atoms with Crippen LogP contribution in [0.15, 0.2) is 0 Å². The predicted molar refractivity (Wildman–Crippen MR) is 66.5 cm³/mol. The number of nitrogens with two attached hydrogens (primary N) is 1. The van der Waals surface area contributed by atoms with Crippen molar-refractivity contribution in [2.45, 2.75) is 40.0 Å². The minimum absolute atomic E-state index is 0.0670. The van der Waals surface area contributed by atoms with E-state index in [-0.39, 0.29) is 5.91 Å². The fourth-order valence-corrected chi connectivity index (χ4v) is 1.67. The third-order valence-corrected chi connectivity index (χ3v) is 3.51. The van der Waals surface area contributed by atoms with E-state index >= 15 is 0 Å². The van der Waals surface area contributed by atoms with Crippen LogP contribution in [-0.4, -0.2) is 30.1 Å². The van der Waals surface area contributed by atoms with E-state index in [0.29, 0.717) is 32.4 Å². The lowest BCUT2D eigenvalue weighted by molar-refractivity contribution is -0.141. The number of nitrogens with one attached hydrogen (secondary N) is 1. The first-order chi connectivity index (χ1) is 7.93. The number of hydrogen-bond donors (Lipinski definition) is 3. The summed E-state index contributed by atoms with van der Waals surface area (Å²) < 4.78 is 0. The third kappa shape index (κ3) is 4.34. The van der Waals surface area contributed by atoms with Gasteiger partial charge < -0.3 is 16.2 Å². The number of amides is 1. The summed E-state index contributed by atoms with van der Waals surface area (Å²) in [6, 6.07) is 0. The molecule has 0 aliphatic carbocycles. The van der Waals surface area contributed by atoms with E-state index in [1.807, 2.05) is 13.8 Å². The first kappa shape index (κ1) is 15.9. The van der Waals surface area contributed by atoms with Gasteiger partial charge in [-0.05, 0) is 19.3 Å². The highest BCUT2D eigenvalue weighted by atomic mass is 16.4. The van der Waals surface area contributed by atoms with Crippen LogP contribution in [-0.2, 0) is 9.59 Å².